The molecule has 1 aliphatic heterocycles. The molecule has 12 nitrogen and oxygen atoms in total. The van der Waals surface area contributed by atoms with Gasteiger partial charge in [-0.15, -0.1) is 0 Å². The first kappa shape index (κ1) is 39.4. The molecule has 0 bridgehead atoms. The zero-order chi connectivity index (χ0) is 39.5. The summed E-state index contributed by atoms with van der Waals surface area (Å²) < 4.78 is 81.1. The molecule has 1 saturated heterocycles. The molecule has 1 fully saturated rings. The number of hydrogen-bond donors (Lipinski definition) is 1. The lowest BCUT2D eigenvalue weighted by Crippen LogP contribution is -2.46. The first-order valence-corrected chi connectivity index (χ1v) is 19.0. The van der Waals surface area contributed by atoms with Crippen LogP contribution in [0, 0.1) is 5.92 Å². The summed E-state index contributed by atoms with van der Waals surface area (Å²) in [6.45, 7) is 1.13. The molecule has 1 N–H and O–H groups in total. The maximum absolute atomic E-state index is 14.5. The van der Waals surface area contributed by atoms with Crippen LogP contribution in [0.2, 0.25) is 5.02 Å². The first-order valence-electron chi connectivity index (χ1n) is 17.2. The number of nitrogens with zero attached hydrogens (tertiary/aromatic N) is 4. The van der Waals surface area contributed by atoms with Gasteiger partial charge in [0.2, 0.25) is 0 Å². The van der Waals surface area contributed by atoms with Gasteiger partial charge in [0.05, 0.1) is 39.5 Å². The molecule has 6 rings (SSSR count). The van der Waals surface area contributed by atoms with E-state index in [0.29, 0.717) is 50.1 Å². The minimum absolute atomic E-state index is 0.0257. The van der Waals surface area contributed by atoms with Gasteiger partial charge in [-0.3, -0.25) is 4.79 Å². The van der Waals surface area contributed by atoms with Crippen LogP contribution in [0.25, 0.3) is 10.9 Å². The molecule has 3 aromatic carbocycles. The van der Waals surface area contributed by atoms with Gasteiger partial charge in [0, 0.05) is 90.1 Å². The number of hydrogen-bond acceptors (Lipinski definition) is 10. The Kier molecular flexibility index (Phi) is 11.6. The highest BCUT2D eigenvalue weighted by Crippen LogP contribution is 2.38. The molecule has 0 radical (unpaired) electrons. The van der Waals surface area contributed by atoms with Crippen molar-refractivity contribution in [1.82, 2.24) is 14.3 Å². The average Bonchev–Trinajstić information content (AvgIpc) is 3.18. The van der Waals surface area contributed by atoms with Gasteiger partial charge < -0.3 is 29.2 Å². The number of methoxy groups -OCH3 is 4. The topological polar surface area (TPSA) is 132 Å². The van der Waals surface area contributed by atoms with Gasteiger partial charge in [-0.05, 0) is 36.4 Å². The fourth-order valence-electron chi connectivity index (χ4n) is 6.37. The van der Waals surface area contributed by atoms with Gasteiger partial charge in [-0.2, -0.15) is 4.31 Å². The number of fused-ring (bicyclic) bond motifs is 1. The standard InChI is InChI=1S/C39H40ClF2N5O7S/c1-24-21-46(16-14-39(24,41)42)37-31(20-30-32(40)7-6-8-33(30)45-37)38(48)44-27-13-15-43-36(17-27)55(49,50)47(22-25-9-11-28(51-2)18-34(25)53-4)23-26-10-12-29(52-3)19-35(26)54-5/h6-13,15,17-20,24H,14,16,21-23H2,1-5H3,(H,43,44,48). The largest absolute Gasteiger partial charge is 0.497 e. The number of aromatic nitrogens is 2. The fourth-order valence-corrected chi connectivity index (χ4v) is 7.94. The SMILES string of the molecule is COc1ccc(CN(Cc2ccc(OC)cc2OC)S(=O)(=O)c2cc(NC(=O)c3cc4c(Cl)cccc4nc3N3CCC(F)(F)C(C)C3)ccn2)c(OC)c1. The summed E-state index contributed by atoms with van der Waals surface area (Å²) in [4.78, 5) is 24.6. The number of carbonyl (C=O) groups excluding carboxylic acids is 1. The summed E-state index contributed by atoms with van der Waals surface area (Å²) in [7, 11) is 1.59. The quantitative estimate of drug-likeness (QED) is 0.128. The molecule has 3 heterocycles. The van der Waals surface area contributed by atoms with Crippen LogP contribution in [0.1, 0.15) is 34.8 Å². The van der Waals surface area contributed by atoms with Gasteiger partial charge in [-0.25, -0.2) is 27.2 Å². The lowest BCUT2D eigenvalue weighted by Gasteiger charge is -2.38. The van der Waals surface area contributed by atoms with E-state index in [0.717, 1.165) is 0 Å². The zero-order valence-electron chi connectivity index (χ0n) is 30.8. The average molecular weight is 796 g/mol. The third kappa shape index (κ3) is 8.38. The Morgan fingerprint density at radius 2 is 1.56 bits per heavy atom. The van der Waals surface area contributed by atoms with E-state index in [4.69, 9.17) is 35.5 Å². The van der Waals surface area contributed by atoms with Gasteiger partial charge in [0.15, 0.2) is 5.03 Å². The monoisotopic (exact) mass is 795 g/mol. The Morgan fingerprint density at radius 1 is 0.927 bits per heavy atom. The number of amides is 1. The third-order valence-corrected chi connectivity index (χ3v) is 11.6. The molecule has 55 heavy (non-hydrogen) atoms. The number of rotatable bonds is 13. The number of nitrogens with one attached hydrogen (secondary N) is 1. The molecule has 0 saturated carbocycles. The van der Waals surface area contributed by atoms with Crippen LogP contribution in [-0.2, 0) is 23.1 Å². The van der Waals surface area contributed by atoms with Crippen molar-refractivity contribution in [2.75, 3.05) is 51.7 Å². The lowest BCUT2D eigenvalue weighted by atomic mass is 9.95. The van der Waals surface area contributed by atoms with Crippen molar-refractivity contribution in [3.05, 3.63) is 101 Å². The smallest absolute Gasteiger partial charge is 0.261 e. The second-order valence-electron chi connectivity index (χ2n) is 13.0. The highest BCUT2D eigenvalue weighted by Gasteiger charge is 2.42. The molecular formula is C39H40ClF2N5O7S. The highest BCUT2D eigenvalue weighted by molar-refractivity contribution is 7.89. The van der Waals surface area contributed by atoms with E-state index in [-0.39, 0.29) is 48.3 Å². The number of benzene rings is 3. The van der Waals surface area contributed by atoms with Crippen molar-refractivity contribution in [2.24, 2.45) is 5.92 Å². The van der Waals surface area contributed by atoms with Gasteiger partial charge in [-0.1, -0.05) is 36.7 Å². The molecule has 16 heteroatoms. The summed E-state index contributed by atoms with van der Waals surface area (Å²) in [5.41, 5.74) is 1.78. The van der Waals surface area contributed by atoms with E-state index in [1.54, 1.807) is 65.6 Å². The summed E-state index contributed by atoms with van der Waals surface area (Å²) in [5, 5.41) is 3.27. The number of piperidine rings is 1. The van der Waals surface area contributed by atoms with Crippen LogP contribution >= 0.6 is 11.6 Å². The van der Waals surface area contributed by atoms with Crippen molar-refractivity contribution in [3.63, 3.8) is 0 Å². The Balaban J connectivity index is 1.36. The van der Waals surface area contributed by atoms with Crippen molar-refractivity contribution in [3.8, 4) is 23.0 Å². The van der Waals surface area contributed by atoms with Crippen LogP contribution in [-0.4, -0.2) is 76.0 Å². The summed E-state index contributed by atoms with van der Waals surface area (Å²) in [6.07, 6.45) is 0.866. The van der Waals surface area contributed by atoms with Crippen molar-refractivity contribution in [2.45, 2.75) is 37.4 Å². The van der Waals surface area contributed by atoms with Crippen molar-refractivity contribution >= 4 is 49.9 Å². The molecule has 290 valence electrons. The molecule has 2 aromatic heterocycles. The van der Waals surface area contributed by atoms with Gasteiger partial charge in [0.25, 0.3) is 21.9 Å². The molecule has 0 aliphatic carbocycles. The van der Waals surface area contributed by atoms with Crippen LogP contribution in [0.15, 0.2) is 84.0 Å². The van der Waals surface area contributed by atoms with Crippen LogP contribution in [0.3, 0.4) is 0 Å². The van der Waals surface area contributed by atoms with Crippen molar-refractivity contribution in [1.29, 1.82) is 0 Å². The van der Waals surface area contributed by atoms with E-state index < -0.39 is 34.2 Å². The predicted octanol–water partition coefficient (Wildman–Crippen LogP) is 7.44. The van der Waals surface area contributed by atoms with Gasteiger partial charge in [0.1, 0.15) is 28.8 Å². The van der Waals surface area contributed by atoms with Crippen LogP contribution in [0.4, 0.5) is 20.3 Å². The second kappa shape index (κ2) is 16.2. The number of alkyl halides is 2. The number of anilines is 2. The molecule has 1 amide bonds. The summed E-state index contributed by atoms with van der Waals surface area (Å²) in [5.74, 6) is -2.42. The second-order valence-corrected chi connectivity index (χ2v) is 15.3. The molecule has 0 spiro atoms. The van der Waals surface area contributed by atoms with Gasteiger partial charge >= 0.3 is 0 Å². The predicted molar refractivity (Wildman–Crippen MR) is 205 cm³/mol. The number of halogens is 3. The fraction of sp³-hybridized carbons (Fsp3) is 0.308. The highest BCUT2D eigenvalue weighted by atomic mass is 35.5. The molecule has 5 aromatic rings. The number of pyridine rings is 2. The summed E-state index contributed by atoms with van der Waals surface area (Å²) in [6, 6.07) is 19.5. The molecule has 1 atom stereocenters. The maximum atomic E-state index is 14.5. The number of carbonyl (C=O) groups is 1. The Hall–Kier alpha value is -5.25. The summed E-state index contributed by atoms with van der Waals surface area (Å²) >= 11 is 6.49. The molecular weight excluding hydrogens is 756 g/mol. The lowest BCUT2D eigenvalue weighted by molar-refractivity contribution is -0.0652. The molecule has 1 aliphatic rings. The minimum Gasteiger partial charge on any atom is -0.497 e. The van der Waals surface area contributed by atoms with E-state index in [1.807, 2.05) is 0 Å². The van der Waals surface area contributed by atoms with Crippen LogP contribution in [0.5, 0.6) is 23.0 Å². The van der Waals surface area contributed by atoms with E-state index in [1.165, 1.54) is 58.0 Å². The first-order chi connectivity index (χ1) is 26.3. The minimum atomic E-state index is -4.39. The Morgan fingerprint density at radius 3 is 2.15 bits per heavy atom. The van der Waals surface area contributed by atoms with E-state index >= 15 is 0 Å². The zero-order valence-corrected chi connectivity index (χ0v) is 32.4. The maximum Gasteiger partial charge on any atom is 0.261 e. The number of sulfonamides is 1. The Labute approximate surface area is 323 Å². The van der Waals surface area contributed by atoms with Crippen LogP contribution < -0.4 is 29.2 Å². The van der Waals surface area contributed by atoms with Crippen molar-refractivity contribution < 1.29 is 40.9 Å². The van der Waals surface area contributed by atoms with E-state index in [9.17, 15) is 22.0 Å². The molecule has 1 unspecified atom stereocenters. The normalized spacial score (nSPS) is 15.5. The third-order valence-electron chi connectivity index (χ3n) is 9.54. The Bertz CT molecular complexity index is 2270. The van der Waals surface area contributed by atoms with E-state index in [2.05, 4.69) is 10.3 Å². The number of ether oxygens (including phenoxy) is 4.